The highest BCUT2D eigenvalue weighted by Crippen LogP contribution is 2.20. The molecule has 133 valence electrons. The third kappa shape index (κ3) is 5.80. The Labute approximate surface area is 147 Å². The molecule has 0 unspecified atom stereocenters. The molecule has 0 aliphatic rings. The molecule has 0 bridgehead atoms. The summed E-state index contributed by atoms with van der Waals surface area (Å²) in [7, 11) is 0. The van der Waals surface area contributed by atoms with Crippen LogP contribution in [-0.4, -0.2) is 29.9 Å². The molecule has 1 radical (unpaired) electrons. The summed E-state index contributed by atoms with van der Waals surface area (Å²) >= 11 is 0. The van der Waals surface area contributed by atoms with Gasteiger partial charge in [0.25, 0.3) is 0 Å². The van der Waals surface area contributed by atoms with E-state index in [2.05, 4.69) is 0 Å². The molecule has 25 heavy (non-hydrogen) atoms. The van der Waals surface area contributed by atoms with Crippen molar-refractivity contribution in [3.05, 3.63) is 59.7 Å². The number of aliphatic carboxylic acids is 1. The van der Waals surface area contributed by atoms with Crippen molar-refractivity contribution >= 4 is 5.97 Å². The molecule has 0 atom stereocenters. The maximum Gasteiger partial charge on any atom is 0.347 e. The van der Waals surface area contributed by atoms with Crippen LogP contribution in [-0.2, 0) is 22.7 Å². The predicted octanol–water partition coefficient (Wildman–Crippen LogP) is 3.52. The van der Waals surface area contributed by atoms with Gasteiger partial charge in [-0.25, -0.2) is 9.90 Å². The smallest absolute Gasteiger partial charge is 0.347 e. The molecular formula is C20H23O5. The Kier molecular flexibility index (Phi) is 6.42. The lowest BCUT2D eigenvalue weighted by Gasteiger charge is -2.21. The van der Waals surface area contributed by atoms with Gasteiger partial charge in [-0.05, 0) is 55.7 Å². The van der Waals surface area contributed by atoms with Gasteiger partial charge in [-0.3, -0.25) is 0 Å². The van der Waals surface area contributed by atoms with E-state index in [-0.39, 0.29) is 6.61 Å². The van der Waals surface area contributed by atoms with Crippen LogP contribution in [0.15, 0.2) is 48.5 Å². The number of ether oxygens (including phenoxy) is 2. The van der Waals surface area contributed by atoms with Crippen LogP contribution < -0.4 is 9.47 Å². The van der Waals surface area contributed by atoms with Gasteiger partial charge < -0.3 is 14.6 Å². The van der Waals surface area contributed by atoms with E-state index in [0.29, 0.717) is 25.2 Å². The van der Waals surface area contributed by atoms with Crippen LogP contribution in [0.1, 0.15) is 25.0 Å². The van der Waals surface area contributed by atoms with Crippen molar-refractivity contribution in [3.63, 3.8) is 0 Å². The van der Waals surface area contributed by atoms with Crippen LogP contribution >= 0.6 is 0 Å². The van der Waals surface area contributed by atoms with Crippen LogP contribution in [0.5, 0.6) is 11.5 Å². The number of hydrogen-bond donors (Lipinski definition) is 1. The SMILES string of the molecule is CC(C)(Oc1ccc(CCOc2cccc(CC[O])c2)cc1)C(=O)O. The minimum Gasteiger partial charge on any atom is -0.493 e. The van der Waals surface area contributed by atoms with E-state index in [4.69, 9.17) is 14.6 Å². The largest absolute Gasteiger partial charge is 0.493 e. The van der Waals surface area contributed by atoms with E-state index in [9.17, 15) is 9.90 Å². The van der Waals surface area contributed by atoms with Gasteiger partial charge in [0, 0.05) is 6.42 Å². The van der Waals surface area contributed by atoms with Gasteiger partial charge in [-0.2, -0.15) is 0 Å². The molecule has 0 heterocycles. The second kappa shape index (κ2) is 8.53. The van der Waals surface area contributed by atoms with E-state index in [0.717, 1.165) is 16.9 Å². The normalized spacial score (nSPS) is 11.2. The molecule has 0 saturated heterocycles. The first-order valence-electron chi connectivity index (χ1n) is 8.22. The molecule has 0 aromatic heterocycles. The predicted molar refractivity (Wildman–Crippen MR) is 93.7 cm³/mol. The fraction of sp³-hybridized carbons (Fsp3) is 0.350. The summed E-state index contributed by atoms with van der Waals surface area (Å²) in [5, 5.41) is 19.8. The van der Waals surface area contributed by atoms with Gasteiger partial charge in [0.2, 0.25) is 0 Å². The van der Waals surface area contributed by atoms with Gasteiger partial charge in [-0.1, -0.05) is 24.3 Å². The maximum absolute atomic E-state index is 11.1. The van der Waals surface area contributed by atoms with Gasteiger partial charge in [0.15, 0.2) is 5.60 Å². The van der Waals surface area contributed by atoms with Crippen molar-refractivity contribution < 1.29 is 24.5 Å². The molecule has 2 aromatic rings. The molecule has 0 fully saturated rings. The summed E-state index contributed by atoms with van der Waals surface area (Å²) in [5.41, 5.74) is 0.783. The lowest BCUT2D eigenvalue weighted by molar-refractivity contribution is -0.152. The Hall–Kier alpha value is -2.53. The standard InChI is InChI=1S/C20H23O5/c1-20(2,19(22)23)25-17-8-6-15(7-9-17)11-13-24-18-5-3-4-16(14-18)10-12-21/h3-9,14H,10-13H2,1-2H3,(H,22,23). The molecule has 5 heteroatoms. The van der Waals surface area contributed by atoms with Crippen molar-refractivity contribution in [2.24, 2.45) is 0 Å². The number of benzene rings is 2. The highest BCUT2D eigenvalue weighted by molar-refractivity contribution is 5.76. The summed E-state index contributed by atoms with van der Waals surface area (Å²) in [4.78, 5) is 11.1. The van der Waals surface area contributed by atoms with Crippen LogP contribution in [0.3, 0.4) is 0 Å². The highest BCUT2D eigenvalue weighted by atomic mass is 16.5. The molecule has 2 aromatic carbocycles. The van der Waals surface area contributed by atoms with Crippen molar-refractivity contribution in [2.75, 3.05) is 13.2 Å². The molecule has 0 spiro atoms. The fourth-order valence-corrected chi connectivity index (χ4v) is 2.26. The van der Waals surface area contributed by atoms with Crippen LogP contribution in [0.2, 0.25) is 0 Å². The number of carbonyl (C=O) groups is 1. The number of carboxylic acid groups (broad SMARTS) is 1. The topological polar surface area (TPSA) is 75.7 Å². The number of carboxylic acids is 1. The van der Waals surface area contributed by atoms with E-state index < -0.39 is 11.6 Å². The average Bonchev–Trinajstić information content (AvgIpc) is 2.57. The quantitative estimate of drug-likeness (QED) is 0.756. The van der Waals surface area contributed by atoms with Crippen molar-refractivity contribution in [3.8, 4) is 11.5 Å². The first kappa shape index (κ1) is 18.8. The maximum atomic E-state index is 11.1. The average molecular weight is 343 g/mol. The molecule has 5 nitrogen and oxygen atoms in total. The zero-order valence-electron chi connectivity index (χ0n) is 14.5. The summed E-state index contributed by atoms with van der Waals surface area (Å²) in [6.45, 7) is 3.41. The Balaban J connectivity index is 1.85. The number of hydrogen-bond acceptors (Lipinski definition) is 3. The molecule has 0 saturated carbocycles. The fourth-order valence-electron chi connectivity index (χ4n) is 2.26. The van der Waals surface area contributed by atoms with Crippen molar-refractivity contribution in [1.29, 1.82) is 0 Å². The summed E-state index contributed by atoms with van der Waals surface area (Å²) < 4.78 is 11.2. The first-order valence-corrected chi connectivity index (χ1v) is 8.22. The van der Waals surface area contributed by atoms with E-state index in [1.165, 1.54) is 13.8 Å². The number of rotatable bonds is 9. The second-order valence-corrected chi connectivity index (χ2v) is 6.26. The lowest BCUT2D eigenvalue weighted by atomic mass is 10.1. The van der Waals surface area contributed by atoms with E-state index in [1.807, 2.05) is 36.4 Å². The molecule has 0 amide bonds. The summed E-state index contributed by atoms with van der Waals surface area (Å²) in [5.74, 6) is 0.265. The second-order valence-electron chi connectivity index (χ2n) is 6.26. The van der Waals surface area contributed by atoms with Gasteiger partial charge in [-0.15, -0.1) is 0 Å². The van der Waals surface area contributed by atoms with Crippen molar-refractivity contribution in [1.82, 2.24) is 0 Å². The molecule has 1 N–H and O–H groups in total. The lowest BCUT2D eigenvalue weighted by Crippen LogP contribution is -2.37. The zero-order valence-corrected chi connectivity index (χ0v) is 14.5. The van der Waals surface area contributed by atoms with Gasteiger partial charge in [0.1, 0.15) is 11.5 Å². The minimum absolute atomic E-state index is 0.128. The van der Waals surface area contributed by atoms with Crippen molar-refractivity contribution in [2.45, 2.75) is 32.3 Å². The highest BCUT2D eigenvalue weighted by Gasteiger charge is 2.29. The van der Waals surface area contributed by atoms with Crippen LogP contribution in [0, 0.1) is 0 Å². The monoisotopic (exact) mass is 343 g/mol. The Morgan fingerprint density at radius 2 is 1.72 bits per heavy atom. The van der Waals surface area contributed by atoms with E-state index in [1.54, 1.807) is 12.1 Å². The summed E-state index contributed by atoms with van der Waals surface area (Å²) in [6.07, 6.45) is 1.22. The molecule has 0 aliphatic heterocycles. The van der Waals surface area contributed by atoms with Gasteiger partial charge in [0.05, 0.1) is 13.2 Å². The Bertz CT molecular complexity index is 691. The Morgan fingerprint density at radius 3 is 2.36 bits per heavy atom. The molecular weight excluding hydrogens is 320 g/mol. The van der Waals surface area contributed by atoms with Crippen LogP contribution in [0.4, 0.5) is 0 Å². The van der Waals surface area contributed by atoms with Gasteiger partial charge >= 0.3 is 5.97 Å². The molecule has 2 rings (SSSR count). The summed E-state index contributed by atoms with van der Waals surface area (Å²) in [6, 6.07) is 14.9. The molecule has 0 aliphatic carbocycles. The Morgan fingerprint density at radius 1 is 1.00 bits per heavy atom. The van der Waals surface area contributed by atoms with E-state index >= 15 is 0 Å². The minimum atomic E-state index is -1.26. The third-order valence-electron chi connectivity index (χ3n) is 3.76. The van der Waals surface area contributed by atoms with Crippen LogP contribution in [0.25, 0.3) is 0 Å². The first-order chi connectivity index (χ1) is 11.9. The zero-order chi connectivity index (χ0) is 18.3. The third-order valence-corrected chi connectivity index (χ3v) is 3.76.